The summed E-state index contributed by atoms with van der Waals surface area (Å²) in [6.07, 6.45) is 3.50. The highest BCUT2D eigenvalue weighted by Crippen LogP contribution is 2.32. The molecule has 0 spiro atoms. The summed E-state index contributed by atoms with van der Waals surface area (Å²) in [5.41, 5.74) is 1.39. The second-order valence-corrected chi connectivity index (χ2v) is 6.54. The molecular formula is C15H24N2O2S. The summed E-state index contributed by atoms with van der Waals surface area (Å²) in [6, 6.07) is 2.09. The molecule has 0 bridgehead atoms. The molecule has 0 saturated heterocycles. The lowest BCUT2D eigenvalue weighted by Crippen LogP contribution is -2.32. The lowest BCUT2D eigenvalue weighted by Gasteiger charge is -2.16. The number of carbonyl (C=O) groups is 1. The maximum Gasteiger partial charge on any atom is 0.261 e. The molecule has 0 radical (unpaired) electrons. The number of methoxy groups -OCH3 is 1. The second-order valence-electron chi connectivity index (χ2n) is 5.41. The van der Waals surface area contributed by atoms with Gasteiger partial charge in [-0.05, 0) is 36.8 Å². The van der Waals surface area contributed by atoms with Crippen LogP contribution >= 0.6 is 11.3 Å². The molecule has 112 valence electrons. The summed E-state index contributed by atoms with van der Waals surface area (Å²) in [5.74, 6) is 0.809. The third-order valence-corrected chi connectivity index (χ3v) is 4.86. The Hall–Kier alpha value is -0.910. The van der Waals surface area contributed by atoms with E-state index in [9.17, 15) is 4.79 Å². The normalized spacial score (nSPS) is 17.8. The number of hydrogen-bond donors (Lipinski definition) is 2. The molecule has 2 N–H and O–H groups in total. The molecule has 0 fully saturated rings. The van der Waals surface area contributed by atoms with Gasteiger partial charge < -0.3 is 15.4 Å². The average Bonchev–Trinajstić information content (AvgIpc) is 2.85. The highest BCUT2D eigenvalue weighted by atomic mass is 32.1. The van der Waals surface area contributed by atoms with Gasteiger partial charge in [0.2, 0.25) is 0 Å². The van der Waals surface area contributed by atoms with Gasteiger partial charge in [-0.3, -0.25) is 4.79 Å². The summed E-state index contributed by atoms with van der Waals surface area (Å²) >= 11 is 1.66. The quantitative estimate of drug-likeness (QED) is 0.755. The summed E-state index contributed by atoms with van der Waals surface area (Å²) in [5, 5.41) is 6.18. The van der Waals surface area contributed by atoms with Crippen LogP contribution in [0.2, 0.25) is 0 Å². The molecule has 1 amide bonds. The van der Waals surface area contributed by atoms with Crippen molar-refractivity contribution in [2.75, 3.05) is 33.4 Å². The van der Waals surface area contributed by atoms with Gasteiger partial charge >= 0.3 is 0 Å². The Morgan fingerprint density at radius 3 is 3.10 bits per heavy atom. The average molecular weight is 296 g/mol. The highest BCUT2D eigenvalue weighted by molar-refractivity contribution is 7.14. The first-order valence-electron chi connectivity index (χ1n) is 7.30. The van der Waals surface area contributed by atoms with E-state index in [1.807, 2.05) is 0 Å². The van der Waals surface area contributed by atoms with Gasteiger partial charge in [-0.1, -0.05) is 6.92 Å². The Kier molecular flexibility index (Phi) is 6.01. The first kappa shape index (κ1) is 15.5. The zero-order chi connectivity index (χ0) is 14.4. The number of aryl methyl sites for hydroxylation is 1. The minimum absolute atomic E-state index is 0.0607. The van der Waals surface area contributed by atoms with Crippen molar-refractivity contribution in [3.63, 3.8) is 0 Å². The van der Waals surface area contributed by atoms with Crippen LogP contribution in [-0.4, -0.2) is 39.3 Å². The van der Waals surface area contributed by atoms with E-state index >= 15 is 0 Å². The van der Waals surface area contributed by atoms with Gasteiger partial charge in [0.25, 0.3) is 5.91 Å². The third kappa shape index (κ3) is 4.30. The van der Waals surface area contributed by atoms with E-state index in [1.165, 1.54) is 16.9 Å². The van der Waals surface area contributed by atoms with Crippen molar-refractivity contribution in [2.24, 2.45) is 5.92 Å². The van der Waals surface area contributed by atoms with E-state index in [2.05, 4.69) is 23.6 Å². The molecule has 20 heavy (non-hydrogen) atoms. The third-order valence-electron chi connectivity index (χ3n) is 3.62. The number of thiophene rings is 1. The smallest absolute Gasteiger partial charge is 0.261 e. The summed E-state index contributed by atoms with van der Waals surface area (Å²) in [6.45, 7) is 5.23. The van der Waals surface area contributed by atoms with Crippen molar-refractivity contribution >= 4 is 17.2 Å². The number of ether oxygens (including phenoxy) is 1. The second kappa shape index (κ2) is 7.76. The molecule has 0 aromatic carbocycles. The largest absolute Gasteiger partial charge is 0.383 e. The van der Waals surface area contributed by atoms with Crippen molar-refractivity contribution < 1.29 is 9.53 Å². The van der Waals surface area contributed by atoms with E-state index in [0.717, 1.165) is 36.7 Å². The molecule has 1 unspecified atom stereocenters. The zero-order valence-corrected chi connectivity index (χ0v) is 13.1. The number of fused-ring (bicyclic) bond motifs is 1. The van der Waals surface area contributed by atoms with E-state index in [1.54, 1.807) is 18.4 Å². The number of amides is 1. The van der Waals surface area contributed by atoms with Crippen LogP contribution in [0, 0.1) is 5.92 Å². The van der Waals surface area contributed by atoms with Crippen molar-refractivity contribution in [3.8, 4) is 0 Å². The molecule has 2 rings (SSSR count). The van der Waals surface area contributed by atoms with Crippen LogP contribution < -0.4 is 10.6 Å². The number of nitrogens with one attached hydrogen (secondary N) is 2. The van der Waals surface area contributed by atoms with Crippen molar-refractivity contribution in [1.82, 2.24) is 10.6 Å². The molecule has 5 heteroatoms. The molecule has 1 heterocycles. The van der Waals surface area contributed by atoms with Crippen molar-refractivity contribution in [3.05, 3.63) is 21.4 Å². The van der Waals surface area contributed by atoms with Gasteiger partial charge in [0.05, 0.1) is 11.5 Å². The van der Waals surface area contributed by atoms with E-state index < -0.39 is 0 Å². The number of carbonyl (C=O) groups excluding carboxylic acids is 1. The SMILES string of the molecule is COCCNCCNC(=O)c1cc2c(s1)CCC(C)C2. The monoisotopic (exact) mass is 296 g/mol. The molecule has 1 aliphatic carbocycles. The minimum Gasteiger partial charge on any atom is -0.383 e. The van der Waals surface area contributed by atoms with E-state index in [-0.39, 0.29) is 5.91 Å². The Balaban J connectivity index is 1.75. The van der Waals surface area contributed by atoms with Crippen LogP contribution in [0.1, 0.15) is 33.5 Å². The van der Waals surface area contributed by atoms with Gasteiger partial charge in [0, 0.05) is 31.6 Å². The number of rotatable bonds is 7. The van der Waals surface area contributed by atoms with Gasteiger partial charge in [-0.25, -0.2) is 0 Å². The van der Waals surface area contributed by atoms with E-state index in [0.29, 0.717) is 13.2 Å². The Labute approximate surface area is 124 Å². The fourth-order valence-corrected chi connectivity index (χ4v) is 3.59. The fraction of sp³-hybridized carbons (Fsp3) is 0.667. The summed E-state index contributed by atoms with van der Waals surface area (Å²) < 4.78 is 4.95. The summed E-state index contributed by atoms with van der Waals surface area (Å²) in [4.78, 5) is 14.4. The minimum atomic E-state index is 0.0607. The molecule has 1 aromatic rings. The van der Waals surface area contributed by atoms with Crippen LogP contribution in [0.15, 0.2) is 6.07 Å². The van der Waals surface area contributed by atoms with Crippen LogP contribution in [0.25, 0.3) is 0 Å². The van der Waals surface area contributed by atoms with Crippen molar-refractivity contribution in [2.45, 2.75) is 26.2 Å². The molecule has 0 aliphatic heterocycles. The fourth-order valence-electron chi connectivity index (χ4n) is 2.47. The molecule has 1 aromatic heterocycles. The van der Waals surface area contributed by atoms with Gasteiger partial charge in [-0.15, -0.1) is 11.3 Å². The van der Waals surface area contributed by atoms with Gasteiger partial charge in [0.1, 0.15) is 0 Å². The van der Waals surface area contributed by atoms with Gasteiger partial charge in [0.15, 0.2) is 0 Å². The molecule has 0 saturated carbocycles. The molecule has 1 atom stereocenters. The van der Waals surface area contributed by atoms with Crippen LogP contribution in [0.3, 0.4) is 0 Å². The predicted octanol–water partition coefficient (Wildman–Crippen LogP) is 1.84. The maximum atomic E-state index is 12.1. The zero-order valence-electron chi connectivity index (χ0n) is 12.3. The lowest BCUT2D eigenvalue weighted by atomic mass is 9.90. The van der Waals surface area contributed by atoms with E-state index in [4.69, 9.17) is 4.74 Å². The molecule has 1 aliphatic rings. The number of hydrogen-bond acceptors (Lipinski definition) is 4. The van der Waals surface area contributed by atoms with Crippen LogP contribution in [0.4, 0.5) is 0 Å². The maximum absolute atomic E-state index is 12.1. The highest BCUT2D eigenvalue weighted by Gasteiger charge is 2.20. The Morgan fingerprint density at radius 2 is 2.30 bits per heavy atom. The predicted molar refractivity (Wildman–Crippen MR) is 82.6 cm³/mol. The topological polar surface area (TPSA) is 50.4 Å². The Bertz CT molecular complexity index is 445. The first-order valence-corrected chi connectivity index (χ1v) is 8.11. The molecular weight excluding hydrogens is 272 g/mol. The first-order chi connectivity index (χ1) is 9.70. The van der Waals surface area contributed by atoms with Crippen LogP contribution in [-0.2, 0) is 17.6 Å². The Morgan fingerprint density at radius 1 is 1.45 bits per heavy atom. The van der Waals surface area contributed by atoms with Crippen molar-refractivity contribution in [1.29, 1.82) is 0 Å². The van der Waals surface area contributed by atoms with Gasteiger partial charge in [-0.2, -0.15) is 0 Å². The lowest BCUT2D eigenvalue weighted by molar-refractivity contribution is 0.0957. The van der Waals surface area contributed by atoms with Crippen LogP contribution in [0.5, 0.6) is 0 Å². The summed E-state index contributed by atoms with van der Waals surface area (Å²) in [7, 11) is 1.68. The standard InChI is InChI=1S/C15H24N2O2S/c1-11-3-4-13-12(9-11)10-14(20-13)15(18)17-6-5-16-7-8-19-2/h10-11,16H,3-9H2,1-2H3,(H,17,18). The molecule has 4 nitrogen and oxygen atoms in total.